The number of ketones is 1. The summed E-state index contributed by atoms with van der Waals surface area (Å²) in [6, 6.07) is 7.80. The van der Waals surface area contributed by atoms with Gasteiger partial charge in [0.15, 0.2) is 5.76 Å². The first-order valence-electron chi connectivity index (χ1n) is 6.25. The summed E-state index contributed by atoms with van der Waals surface area (Å²) >= 11 is 1.68. The lowest BCUT2D eigenvalue weighted by molar-refractivity contribution is 0.0994. The molecule has 18 heavy (non-hydrogen) atoms. The van der Waals surface area contributed by atoms with Gasteiger partial charge in [-0.2, -0.15) is 11.8 Å². The zero-order valence-electron chi connectivity index (χ0n) is 11.0. The second-order valence-electron chi connectivity index (χ2n) is 4.60. The number of hydrogen-bond acceptors (Lipinski definition) is 3. The van der Waals surface area contributed by atoms with Crippen molar-refractivity contribution >= 4 is 28.5 Å². The summed E-state index contributed by atoms with van der Waals surface area (Å²) in [6.45, 7) is 6.30. The van der Waals surface area contributed by atoms with Crippen LogP contribution in [0.1, 0.15) is 36.4 Å². The smallest absolute Gasteiger partial charge is 0.207 e. The Morgan fingerprint density at radius 2 is 2.17 bits per heavy atom. The highest BCUT2D eigenvalue weighted by molar-refractivity contribution is 8.00. The van der Waals surface area contributed by atoms with Crippen LogP contribution in [0.25, 0.3) is 11.0 Å². The van der Waals surface area contributed by atoms with E-state index in [9.17, 15) is 4.79 Å². The zero-order valence-corrected chi connectivity index (χ0v) is 11.8. The Labute approximate surface area is 112 Å². The van der Waals surface area contributed by atoms with Gasteiger partial charge in [-0.3, -0.25) is 4.79 Å². The van der Waals surface area contributed by atoms with Crippen LogP contribution in [0.2, 0.25) is 0 Å². The third-order valence-electron chi connectivity index (χ3n) is 3.02. The molecule has 0 amide bonds. The molecule has 2 nitrogen and oxygen atoms in total. The summed E-state index contributed by atoms with van der Waals surface area (Å²) < 4.78 is 5.59. The van der Waals surface area contributed by atoms with Gasteiger partial charge in [-0.25, -0.2) is 0 Å². The molecule has 0 N–H and O–H groups in total. The van der Waals surface area contributed by atoms with Crippen LogP contribution in [-0.2, 0) is 0 Å². The maximum absolute atomic E-state index is 12.0. The second-order valence-corrected chi connectivity index (χ2v) is 6.03. The fraction of sp³-hybridized carbons (Fsp3) is 0.400. The maximum atomic E-state index is 12.0. The molecule has 0 fully saturated rings. The standard InChI is InChI=1S/C15H18O2S/c1-4-11(3)18-9-13(16)15-8-12-7-10(2)5-6-14(12)17-15/h5-8,11H,4,9H2,1-3H3. The summed E-state index contributed by atoms with van der Waals surface area (Å²) in [5, 5.41) is 1.52. The molecule has 0 saturated carbocycles. The Balaban J connectivity index is 2.13. The second kappa shape index (κ2) is 5.61. The van der Waals surface area contributed by atoms with E-state index in [0.29, 0.717) is 16.8 Å². The lowest BCUT2D eigenvalue weighted by Gasteiger charge is -2.05. The van der Waals surface area contributed by atoms with Crippen molar-refractivity contribution in [2.75, 3.05) is 5.75 Å². The van der Waals surface area contributed by atoms with Gasteiger partial charge in [0.1, 0.15) is 5.58 Å². The van der Waals surface area contributed by atoms with Crippen molar-refractivity contribution in [1.82, 2.24) is 0 Å². The molecule has 0 spiro atoms. The lowest BCUT2D eigenvalue weighted by Crippen LogP contribution is -2.04. The van der Waals surface area contributed by atoms with E-state index in [1.807, 2.05) is 31.2 Å². The van der Waals surface area contributed by atoms with Crippen LogP contribution < -0.4 is 0 Å². The number of benzene rings is 1. The lowest BCUT2D eigenvalue weighted by atomic mass is 10.2. The van der Waals surface area contributed by atoms with Crippen molar-refractivity contribution in [3.8, 4) is 0 Å². The predicted molar refractivity (Wildman–Crippen MR) is 77.5 cm³/mol. The topological polar surface area (TPSA) is 30.2 Å². The van der Waals surface area contributed by atoms with E-state index in [1.165, 1.54) is 5.56 Å². The molecule has 2 rings (SSSR count). The van der Waals surface area contributed by atoms with Crippen molar-refractivity contribution in [2.24, 2.45) is 0 Å². The molecule has 0 bridgehead atoms. The van der Waals surface area contributed by atoms with E-state index in [1.54, 1.807) is 11.8 Å². The molecule has 0 radical (unpaired) electrons. The number of aryl methyl sites for hydroxylation is 1. The van der Waals surface area contributed by atoms with Gasteiger partial charge in [-0.15, -0.1) is 0 Å². The van der Waals surface area contributed by atoms with Crippen molar-refractivity contribution in [3.05, 3.63) is 35.6 Å². The third-order valence-corrected chi connectivity index (χ3v) is 4.35. The fourth-order valence-corrected chi connectivity index (χ4v) is 2.52. The van der Waals surface area contributed by atoms with E-state index in [2.05, 4.69) is 13.8 Å². The van der Waals surface area contributed by atoms with Crippen molar-refractivity contribution < 1.29 is 9.21 Å². The molecule has 1 aromatic carbocycles. The van der Waals surface area contributed by atoms with Gasteiger partial charge in [0, 0.05) is 10.6 Å². The monoisotopic (exact) mass is 262 g/mol. The number of thioether (sulfide) groups is 1. The number of fused-ring (bicyclic) bond motifs is 1. The van der Waals surface area contributed by atoms with Gasteiger partial charge in [-0.1, -0.05) is 25.5 Å². The van der Waals surface area contributed by atoms with E-state index >= 15 is 0 Å². The highest BCUT2D eigenvalue weighted by atomic mass is 32.2. The first-order valence-corrected chi connectivity index (χ1v) is 7.30. The van der Waals surface area contributed by atoms with Gasteiger partial charge >= 0.3 is 0 Å². The fourth-order valence-electron chi connectivity index (χ4n) is 1.71. The highest BCUT2D eigenvalue weighted by Gasteiger charge is 2.13. The van der Waals surface area contributed by atoms with Gasteiger partial charge in [0.2, 0.25) is 5.78 Å². The molecule has 1 unspecified atom stereocenters. The minimum Gasteiger partial charge on any atom is -0.453 e. The Morgan fingerprint density at radius 3 is 2.89 bits per heavy atom. The SMILES string of the molecule is CCC(C)SCC(=O)c1cc2cc(C)ccc2o1. The quantitative estimate of drug-likeness (QED) is 0.745. The summed E-state index contributed by atoms with van der Waals surface area (Å²) in [5.74, 6) is 1.05. The van der Waals surface area contributed by atoms with Gasteiger partial charge < -0.3 is 4.42 Å². The van der Waals surface area contributed by atoms with E-state index in [4.69, 9.17) is 4.42 Å². The Bertz CT molecular complexity index is 557. The number of rotatable bonds is 5. The number of carbonyl (C=O) groups excluding carboxylic acids is 1. The average molecular weight is 262 g/mol. The van der Waals surface area contributed by atoms with E-state index < -0.39 is 0 Å². The average Bonchev–Trinajstić information content (AvgIpc) is 2.78. The Kier molecular flexibility index (Phi) is 4.12. The zero-order chi connectivity index (χ0) is 13.1. The van der Waals surface area contributed by atoms with Crippen molar-refractivity contribution in [2.45, 2.75) is 32.4 Å². The Hall–Kier alpha value is -1.22. The molecule has 1 aromatic heterocycles. The molecular formula is C15H18O2S. The molecule has 0 aliphatic carbocycles. The maximum Gasteiger partial charge on any atom is 0.207 e. The van der Waals surface area contributed by atoms with E-state index in [-0.39, 0.29) is 5.78 Å². The van der Waals surface area contributed by atoms with Gasteiger partial charge in [-0.05, 0) is 31.5 Å². The number of carbonyl (C=O) groups is 1. The number of hydrogen-bond donors (Lipinski definition) is 0. The first-order chi connectivity index (χ1) is 8.60. The minimum absolute atomic E-state index is 0.0779. The normalized spacial score (nSPS) is 12.8. The third kappa shape index (κ3) is 2.96. The minimum atomic E-state index is 0.0779. The summed E-state index contributed by atoms with van der Waals surface area (Å²) in [5.41, 5.74) is 1.97. The van der Waals surface area contributed by atoms with Crippen molar-refractivity contribution in [3.63, 3.8) is 0 Å². The molecule has 1 heterocycles. The van der Waals surface area contributed by atoms with Gasteiger partial charge in [0.25, 0.3) is 0 Å². The molecule has 0 saturated heterocycles. The largest absolute Gasteiger partial charge is 0.453 e. The first kappa shape index (κ1) is 13.2. The van der Waals surface area contributed by atoms with Crippen molar-refractivity contribution in [1.29, 1.82) is 0 Å². The summed E-state index contributed by atoms with van der Waals surface area (Å²) in [6.07, 6.45) is 1.08. The molecule has 96 valence electrons. The van der Waals surface area contributed by atoms with Crippen LogP contribution in [0.15, 0.2) is 28.7 Å². The van der Waals surface area contributed by atoms with Crippen LogP contribution in [0, 0.1) is 6.92 Å². The molecule has 3 heteroatoms. The summed E-state index contributed by atoms with van der Waals surface area (Å²) in [7, 11) is 0. The van der Waals surface area contributed by atoms with Gasteiger partial charge in [0.05, 0.1) is 5.75 Å². The van der Waals surface area contributed by atoms with Crippen LogP contribution in [0.4, 0.5) is 0 Å². The van der Waals surface area contributed by atoms with Crippen LogP contribution in [-0.4, -0.2) is 16.8 Å². The molecule has 0 aliphatic rings. The predicted octanol–water partition coefficient (Wildman–Crippen LogP) is 4.46. The van der Waals surface area contributed by atoms with E-state index in [0.717, 1.165) is 17.4 Å². The van der Waals surface area contributed by atoms with Crippen LogP contribution in [0.5, 0.6) is 0 Å². The van der Waals surface area contributed by atoms with Crippen LogP contribution >= 0.6 is 11.8 Å². The van der Waals surface area contributed by atoms with Crippen LogP contribution in [0.3, 0.4) is 0 Å². The number of Topliss-reactive ketones (excluding diaryl/α,β-unsaturated/α-hetero) is 1. The summed E-state index contributed by atoms with van der Waals surface area (Å²) in [4.78, 5) is 12.0. The Morgan fingerprint density at radius 1 is 1.39 bits per heavy atom. The highest BCUT2D eigenvalue weighted by Crippen LogP contribution is 2.23. The molecule has 1 atom stereocenters. The molecule has 2 aromatic rings. The molecule has 0 aliphatic heterocycles. The molecular weight excluding hydrogens is 244 g/mol. The number of furan rings is 1.